The Morgan fingerprint density at radius 2 is 1.77 bits per heavy atom. The molecule has 4 N–H and O–H groups in total. The van der Waals surface area contributed by atoms with Crippen LogP contribution in [0.15, 0.2) is 42.6 Å². The van der Waals surface area contributed by atoms with Crippen molar-refractivity contribution in [1.82, 2.24) is 14.4 Å². The molecule has 0 amide bonds. The van der Waals surface area contributed by atoms with Gasteiger partial charge in [-0.2, -0.15) is 13.2 Å². The minimum atomic E-state index is -4.50. The molecule has 2 aromatic carbocycles. The van der Waals surface area contributed by atoms with Crippen LogP contribution in [0.25, 0.3) is 27.9 Å². The molecule has 6 nitrogen and oxygen atoms in total. The largest absolute Gasteiger partial charge is 0.504 e. The van der Waals surface area contributed by atoms with Crippen LogP contribution in [-0.2, 0) is 6.18 Å². The van der Waals surface area contributed by atoms with Crippen LogP contribution in [0.4, 0.5) is 19.0 Å². The number of alkyl halides is 3. The number of anilines is 1. The van der Waals surface area contributed by atoms with Crippen LogP contribution >= 0.6 is 0 Å². The highest BCUT2D eigenvalue weighted by Crippen LogP contribution is 2.35. The van der Waals surface area contributed by atoms with E-state index in [0.717, 1.165) is 12.1 Å². The highest BCUT2D eigenvalue weighted by Gasteiger charge is 2.31. The van der Waals surface area contributed by atoms with Gasteiger partial charge in [0, 0.05) is 5.56 Å². The standard InChI is InChI=1S/C17H11F3N4O2/c18-17(19,20)9-2-3-11-10(6-9)23-15(21)16-22-7-12(24(11)16)8-1-4-13(25)14(26)5-8/h1-7,25-26H,(H2,21,23). The molecule has 0 aliphatic heterocycles. The smallest absolute Gasteiger partial charge is 0.416 e. The van der Waals surface area contributed by atoms with Crippen molar-refractivity contribution in [2.75, 3.05) is 5.73 Å². The summed E-state index contributed by atoms with van der Waals surface area (Å²) < 4.78 is 40.5. The van der Waals surface area contributed by atoms with Crippen molar-refractivity contribution in [2.45, 2.75) is 6.18 Å². The third-order valence-corrected chi connectivity index (χ3v) is 4.05. The lowest BCUT2D eigenvalue weighted by Gasteiger charge is -2.11. The van der Waals surface area contributed by atoms with Gasteiger partial charge in [-0.15, -0.1) is 0 Å². The number of hydrogen-bond donors (Lipinski definition) is 3. The fourth-order valence-electron chi connectivity index (χ4n) is 2.82. The molecular formula is C17H11F3N4O2. The Labute approximate surface area is 144 Å². The first-order valence-electron chi connectivity index (χ1n) is 7.42. The Kier molecular flexibility index (Phi) is 3.23. The van der Waals surface area contributed by atoms with Crippen LogP contribution in [0, 0.1) is 0 Å². The van der Waals surface area contributed by atoms with Gasteiger partial charge < -0.3 is 15.9 Å². The summed E-state index contributed by atoms with van der Waals surface area (Å²) in [5.41, 5.74) is 6.73. The van der Waals surface area contributed by atoms with E-state index in [-0.39, 0.29) is 28.5 Å². The number of aromatic nitrogens is 3. The van der Waals surface area contributed by atoms with Crippen molar-refractivity contribution in [3.05, 3.63) is 48.2 Å². The summed E-state index contributed by atoms with van der Waals surface area (Å²) in [5, 5.41) is 19.2. The number of benzene rings is 2. The van der Waals surface area contributed by atoms with E-state index in [1.165, 1.54) is 24.4 Å². The minimum Gasteiger partial charge on any atom is -0.504 e. The van der Waals surface area contributed by atoms with Gasteiger partial charge in [0.05, 0.1) is 28.5 Å². The van der Waals surface area contributed by atoms with Gasteiger partial charge in [0.1, 0.15) is 0 Å². The number of fused-ring (bicyclic) bond motifs is 3. The van der Waals surface area contributed by atoms with Crippen molar-refractivity contribution in [3.63, 3.8) is 0 Å². The van der Waals surface area contributed by atoms with Gasteiger partial charge in [-0.1, -0.05) is 0 Å². The van der Waals surface area contributed by atoms with Gasteiger partial charge in [-0.25, -0.2) is 9.97 Å². The highest BCUT2D eigenvalue weighted by molar-refractivity contribution is 5.86. The topological polar surface area (TPSA) is 96.7 Å². The molecule has 9 heteroatoms. The van der Waals surface area contributed by atoms with E-state index >= 15 is 0 Å². The fourth-order valence-corrected chi connectivity index (χ4v) is 2.82. The predicted molar refractivity (Wildman–Crippen MR) is 88.7 cm³/mol. The number of phenols is 2. The number of imidazole rings is 1. The lowest BCUT2D eigenvalue weighted by Crippen LogP contribution is -2.06. The molecule has 4 aromatic rings. The van der Waals surface area contributed by atoms with Crippen LogP contribution in [0.5, 0.6) is 11.5 Å². The third-order valence-electron chi connectivity index (χ3n) is 4.05. The van der Waals surface area contributed by atoms with Crippen molar-refractivity contribution >= 4 is 22.5 Å². The summed E-state index contributed by atoms with van der Waals surface area (Å²) >= 11 is 0. The zero-order chi connectivity index (χ0) is 18.6. The van der Waals surface area contributed by atoms with E-state index in [0.29, 0.717) is 16.8 Å². The molecule has 4 rings (SSSR count). The summed E-state index contributed by atoms with van der Waals surface area (Å²) in [7, 11) is 0. The summed E-state index contributed by atoms with van der Waals surface area (Å²) in [5.74, 6) is -0.641. The van der Waals surface area contributed by atoms with Gasteiger partial charge in [0.25, 0.3) is 0 Å². The zero-order valence-corrected chi connectivity index (χ0v) is 13.0. The fraction of sp³-hybridized carbons (Fsp3) is 0.0588. The van der Waals surface area contributed by atoms with Gasteiger partial charge in [-0.3, -0.25) is 4.40 Å². The third kappa shape index (κ3) is 2.36. The van der Waals surface area contributed by atoms with Crippen LogP contribution < -0.4 is 5.73 Å². The average molecular weight is 360 g/mol. The summed E-state index contributed by atoms with van der Waals surface area (Å²) in [6.07, 6.45) is -3.03. The molecule has 2 aromatic heterocycles. The Morgan fingerprint density at radius 3 is 2.46 bits per heavy atom. The quantitative estimate of drug-likeness (QED) is 0.451. The number of aromatic hydroxyl groups is 2. The van der Waals surface area contributed by atoms with Crippen molar-refractivity contribution in [2.24, 2.45) is 0 Å². The van der Waals surface area contributed by atoms with Gasteiger partial charge in [0.15, 0.2) is 23.0 Å². The van der Waals surface area contributed by atoms with E-state index in [1.807, 2.05) is 0 Å². The molecular weight excluding hydrogens is 349 g/mol. The molecule has 0 unspecified atom stereocenters. The van der Waals surface area contributed by atoms with Gasteiger partial charge in [0.2, 0.25) is 0 Å². The SMILES string of the molecule is Nc1nc2cc(C(F)(F)F)ccc2n2c(-c3ccc(O)c(O)c3)cnc12. The molecule has 0 bridgehead atoms. The van der Waals surface area contributed by atoms with Crippen LogP contribution in [0.2, 0.25) is 0 Å². The minimum absolute atomic E-state index is 0.0222. The summed E-state index contributed by atoms with van der Waals surface area (Å²) in [4.78, 5) is 8.20. The predicted octanol–water partition coefficient (Wildman–Crippen LogP) is 3.56. The second kappa shape index (κ2) is 5.25. The molecule has 0 spiro atoms. The lowest BCUT2D eigenvalue weighted by atomic mass is 10.1. The maximum Gasteiger partial charge on any atom is 0.416 e. The average Bonchev–Trinajstić information content (AvgIpc) is 3.02. The van der Waals surface area contributed by atoms with Crippen molar-refractivity contribution < 1.29 is 23.4 Å². The second-order valence-corrected chi connectivity index (χ2v) is 5.70. The molecule has 0 fully saturated rings. The normalized spacial score (nSPS) is 12.1. The second-order valence-electron chi connectivity index (χ2n) is 5.70. The monoisotopic (exact) mass is 360 g/mol. The van der Waals surface area contributed by atoms with E-state index in [9.17, 15) is 23.4 Å². The Bertz CT molecular complexity index is 1170. The maximum absolute atomic E-state index is 13.0. The first kappa shape index (κ1) is 16.0. The molecule has 0 aliphatic rings. The molecule has 132 valence electrons. The number of phenolic OH excluding ortho intramolecular Hbond substituents is 2. The van der Waals surface area contributed by atoms with Crippen molar-refractivity contribution in [1.29, 1.82) is 0 Å². The summed E-state index contributed by atoms with van der Waals surface area (Å²) in [6, 6.07) is 7.35. The number of rotatable bonds is 1. The van der Waals surface area contributed by atoms with Crippen molar-refractivity contribution in [3.8, 4) is 22.8 Å². The Hall–Kier alpha value is -3.49. The zero-order valence-electron chi connectivity index (χ0n) is 13.0. The maximum atomic E-state index is 13.0. The molecule has 2 heterocycles. The molecule has 0 aliphatic carbocycles. The Balaban J connectivity index is 2.05. The first-order valence-corrected chi connectivity index (χ1v) is 7.42. The van der Waals surface area contributed by atoms with Crippen LogP contribution in [0.1, 0.15) is 5.56 Å². The number of hydrogen-bond acceptors (Lipinski definition) is 5. The van der Waals surface area contributed by atoms with Crippen LogP contribution in [0.3, 0.4) is 0 Å². The highest BCUT2D eigenvalue weighted by atomic mass is 19.4. The number of nitrogen functional groups attached to an aromatic ring is 1. The van der Waals surface area contributed by atoms with E-state index in [4.69, 9.17) is 5.73 Å². The van der Waals surface area contributed by atoms with Crippen LogP contribution in [-0.4, -0.2) is 24.6 Å². The van der Waals surface area contributed by atoms with E-state index in [2.05, 4.69) is 9.97 Å². The number of nitrogens with zero attached hydrogens (tertiary/aromatic N) is 3. The summed E-state index contributed by atoms with van der Waals surface area (Å²) in [6.45, 7) is 0. The van der Waals surface area contributed by atoms with E-state index in [1.54, 1.807) is 10.5 Å². The van der Waals surface area contributed by atoms with E-state index < -0.39 is 11.7 Å². The molecule has 0 radical (unpaired) electrons. The van der Waals surface area contributed by atoms with Gasteiger partial charge >= 0.3 is 6.18 Å². The number of halogens is 3. The van der Waals surface area contributed by atoms with Gasteiger partial charge in [-0.05, 0) is 36.4 Å². The molecule has 0 saturated carbocycles. The molecule has 0 atom stereocenters. The number of nitrogens with two attached hydrogens (primary N) is 1. The Morgan fingerprint density at radius 1 is 1.00 bits per heavy atom. The molecule has 0 saturated heterocycles. The molecule has 26 heavy (non-hydrogen) atoms. The lowest BCUT2D eigenvalue weighted by molar-refractivity contribution is -0.137. The first-order chi connectivity index (χ1) is 12.3.